The predicted octanol–water partition coefficient (Wildman–Crippen LogP) is 1.65. The van der Waals surface area contributed by atoms with Gasteiger partial charge >= 0.3 is 0 Å². The lowest BCUT2D eigenvalue weighted by molar-refractivity contribution is 0.0911. The van der Waals surface area contributed by atoms with Gasteiger partial charge in [0.25, 0.3) is 0 Å². The van der Waals surface area contributed by atoms with Crippen molar-refractivity contribution in [1.82, 2.24) is 4.90 Å². The standard InChI is InChI=1S/C11H22N2S2/c1-9-11(8-12,4-6-15-9)13(2)10-3-5-14-7-10/h9-10H,3-8,12H2,1-2H3. The van der Waals surface area contributed by atoms with E-state index in [0.29, 0.717) is 5.25 Å². The molecule has 2 N–H and O–H groups in total. The molecule has 2 fully saturated rings. The van der Waals surface area contributed by atoms with Crippen LogP contribution < -0.4 is 5.73 Å². The van der Waals surface area contributed by atoms with Crippen molar-refractivity contribution in [3.05, 3.63) is 0 Å². The molecule has 0 aromatic heterocycles. The Bertz CT molecular complexity index is 219. The molecule has 2 aliphatic rings. The summed E-state index contributed by atoms with van der Waals surface area (Å²) in [6, 6.07) is 0.764. The highest BCUT2D eigenvalue weighted by Gasteiger charge is 2.45. The molecule has 2 saturated heterocycles. The Morgan fingerprint density at radius 1 is 1.47 bits per heavy atom. The minimum atomic E-state index is 0.278. The lowest BCUT2D eigenvalue weighted by atomic mass is 9.89. The number of hydrogen-bond acceptors (Lipinski definition) is 4. The van der Waals surface area contributed by atoms with Gasteiger partial charge in [-0.25, -0.2) is 0 Å². The first-order chi connectivity index (χ1) is 7.20. The molecule has 0 bridgehead atoms. The van der Waals surface area contributed by atoms with Crippen molar-refractivity contribution in [1.29, 1.82) is 0 Å². The van der Waals surface area contributed by atoms with Gasteiger partial charge in [-0.05, 0) is 31.4 Å². The SMILES string of the molecule is CC1SCCC1(CN)N(C)C1CCSC1. The summed E-state index contributed by atoms with van der Waals surface area (Å²) in [6.07, 6.45) is 2.62. The summed E-state index contributed by atoms with van der Waals surface area (Å²) in [7, 11) is 2.30. The van der Waals surface area contributed by atoms with Crippen molar-refractivity contribution in [2.75, 3.05) is 30.9 Å². The predicted molar refractivity (Wildman–Crippen MR) is 71.8 cm³/mol. The van der Waals surface area contributed by atoms with Gasteiger partial charge in [-0.3, -0.25) is 4.90 Å². The zero-order chi connectivity index (χ0) is 10.9. The van der Waals surface area contributed by atoms with Crippen LogP contribution >= 0.6 is 23.5 Å². The molecule has 0 spiro atoms. The second-order valence-corrected chi connectivity index (χ2v) is 7.30. The molecule has 4 heteroatoms. The zero-order valence-electron chi connectivity index (χ0n) is 9.74. The quantitative estimate of drug-likeness (QED) is 0.820. The van der Waals surface area contributed by atoms with Gasteiger partial charge in [0.2, 0.25) is 0 Å². The van der Waals surface area contributed by atoms with Gasteiger partial charge in [-0.15, -0.1) is 0 Å². The van der Waals surface area contributed by atoms with Crippen LogP contribution in [0.4, 0.5) is 0 Å². The smallest absolute Gasteiger partial charge is 0.0455 e. The fraction of sp³-hybridized carbons (Fsp3) is 1.00. The van der Waals surface area contributed by atoms with E-state index >= 15 is 0 Å². The Morgan fingerprint density at radius 3 is 2.73 bits per heavy atom. The van der Waals surface area contributed by atoms with Crippen LogP contribution in [0, 0.1) is 0 Å². The number of nitrogens with two attached hydrogens (primary N) is 1. The Balaban J connectivity index is 2.10. The van der Waals surface area contributed by atoms with Crippen LogP contribution in [0.2, 0.25) is 0 Å². The third-order valence-electron chi connectivity index (χ3n) is 4.17. The summed E-state index contributed by atoms with van der Waals surface area (Å²) in [5.74, 6) is 3.91. The van der Waals surface area contributed by atoms with E-state index in [9.17, 15) is 0 Å². The molecule has 3 unspecified atom stereocenters. The lowest BCUT2D eigenvalue weighted by Crippen LogP contribution is -2.59. The first kappa shape index (κ1) is 12.1. The minimum Gasteiger partial charge on any atom is -0.329 e. The van der Waals surface area contributed by atoms with Gasteiger partial charge in [0.05, 0.1) is 0 Å². The average Bonchev–Trinajstić information content (AvgIpc) is 2.86. The molecule has 0 radical (unpaired) electrons. The van der Waals surface area contributed by atoms with E-state index < -0.39 is 0 Å². The molecule has 0 saturated carbocycles. The van der Waals surface area contributed by atoms with Crippen molar-refractivity contribution in [2.45, 2.75) is 36.6 Å². The molecule has 2 aliphatic heterocycles. The molecule has 15 heavy (non-hydrogen) atoms. The normalized spacial score (nSPS) is 41.6. The number of rotatable bonds is 3. The summed E-state index contributed by atoms with van der Waals surface area (Å²) in [5, 5.41) is 0.693. The topological polar surface area (TPSA) is 29.3 Å². The highest BCUT2D eigenvalue weighted by molar-refractivity contribution is 8.00. The average molecular weight is 246 g/mol. The second-order valence-electron chi connectivity index (χ2n) is 4.70. The number of hydrogen-bond donors (Lipinski definition) is 1. The molecule has 2 nitrogen and oxygen atoms in total. The van der Waals surface area contributed by atoms with E-state index in [2.05, 4.69) is 42.4 Å². The van der Waals surface area contributed by atoms with Crippen LogP contribution in [0.1, 0.15) is 19.8 Å². The molecule has 88 valence electrons. The Morgan fingerprint density at radius 2 is 2.27 bits per heavy atom. The molecule has 0 aliphatic carbocycles. The van der Waals surface area contributed by atoms with Crippen molar-refractivity contribution in [3.8, 4) is 0 Å². The lowest BCUT2D eigenvalue weighted by Gasteiger charge is -2.44. The van der Waals surface area contributed by atoms with Crippen molar-refractivity contribution in [3.63, 3.8) is 0 Å². The fourth-order valence-electron chi connectivity index (χ4n) is 2.84. The summed E-state index contributed by atoms with van der Waals surface area (Å²) in [6.45, 7) is 3.17. The first-order valence-electron chi connectivity index (χ1n) is 5.83. The Kier molecular flexibility index (Phi) is 3.92. The van der Waals surface area contributed by atoms with Crippen LogP contribution in [0.15, 0.2) is 0 Å². The van der Waals surface area contributed by atoms with Crippen molar-refractivity contribution < 1.29 is 0 Å². The van der Waals surface area contributed by atoms with E-state index in [1.165, 1.54) is 30.1 Å². The number of likely N-dealkylation sites (N-methyl/N-ethyl adjacent to an activating group) is 1. The molecule has 2 rings (SSSR count). The molecular formula is C11H22N2S2. The van der Waals surface area contributed by atoms with Gasteiger partial charge in [0, 0.05) is 29.1 Å². The van der Waals surface area contributed by atoms with Crippen molar-refractivity contribution >= 4 is 23.5 Å². The monoisotopic (exact) mass is 246 g/mol. The molecule has 0 aromatic rings. The van der Waals surface area contributed by atoms with Gasteiger partial charge in [0.15, 0.2) is 0 Å². The summed E-state index contributed by atoms with van der Waals surface area (Å²) >= 11 is 4.18. The van der Waals surface area contributed by atoms with Crippen LogP contribution in [0.3, 0.4) is 0 Å². The van der Waals surface area contributed by atoms with Crippen LogP contribution in [0.25, 0.3) is 0 Å². The molecule has 0 amide bonds. The highest BCUT2D eigenvalue weighted by Crippen LogP contribution is 2.41. The largest absolute Gasteiger partial charge is 0.329 e. The number of nitrogens with zero attached hydrogens (tertiary/aromatic N) is 1. The van der Waals surface area contributed by atoms with E-state index in [0.717, 1.165) is 12.6 Å². The Hall–Kier alpha value is 0.620. The van der Waals surface area contributed by atoms with Gasteiger partial charge in [-0.2, -0.15) is 23.5 Å². The van der Waals surface area contributed by atoms with Gasteiger partial charge in [0.1, 0.15) is 0 Å². The highest BCUT2D eigenvalue weighted by atomic mass is 32.2. The molecule has 2 heterocycles. The minimum absolute atomic E-state index is 0.278. The summed E-state index contributed by atoms with van der Waals surface area (Å²) in [5.41, 5.74) is 6.34. The van der Waals surface area contributed by atoms with E-state index in [1.54, 1.807) is 0 Å². The van der Waals surface area contributed by atoms with Crippen LogP contribution in [-0.2, 0) is 0 Å². The van der Waals surface area contributed by atoms with E-state index in [4.69, 9.17) is 5.73 Å². The van der Waals surface area contributed by atoms with Gasteiger partial charge in [-0.1, -0.05) is 6.92 Å². The number of thioether (sulfide) groups is 2. The third-order valence-corrected chi connectivity index (χ3v) is 6.69. The van der Waals surface area contributed by atoms with E-state index in [1.807, 2.05) is 0 Å². The summed E-state index contributed by atoms with van der Waals surface area (Å²) in [4.78, 5) is 2.61. The fourth-order valence-corrected chi connectivity index (χ4v) is 5.62. The zero-order valence-corrected chi connectivity index (χ0v) is 11.4. The summed E-state index contributed by atoms with van der Waals surface area (Å²) < 4.78 is 0. The molecular weight excluding hydrogens is 224 g/mol. The van der Waals surface area contributed by atoms with Crippen LogP contribution in [-0.4, -0.2) is 52.6 Å². The van der Waals surface area contributed by atoms with Gasteiger partial charge < -0.3 is 5.73 Å². The maximum absolute atomic E-state index is 6.07. The van der Waals surface area contributed by atoms with E-state index in [-0.39, 0.29) is 5.54 Å². The maximum Gasteiger partial charge on any atom is 0.0455 e. The Labute approximate surface area is 102 Å². The molecule has 0 aromatic carbocycles. The first-order valence-corrected chi connectivity index (χ1v) is 8.03. The third kappa shape index (κ3) is 2.06. The maximum atomic E-state index is 6.07. The second kappa shape index (κ2) is 4.86. The molecule has 3 atom stereocenters. The van der Waals surface area contributed by atoms with Crippen molar-refractivity contribution in [2.24, 2.45) is 5.73 Å². The van der Waals surface area contributed by atoms with Crippen LogP contribution in [0.5, 0.6) is 0 Å².